The normalized spacial score (nSPS) is 11.5. The van der Waals surface area contributed by atoms with Gasteiger partial charge in [0.2, 0.25) is 0 Å². The molecule has 3 aromatic rings. The van der Waals surface area contributed by atoms with Crippen LogP contribution >= 0.6 is 0 Å². The van der Waals surface area contributed by atoms with Gasteiger partial charge in [-0.2, -0.15) is 0 Å². The summed E-state index contributed by atoms with van der Waals surface area (Å²) in [5.41, 5.74) is 16.2. The van der Waals surface area contributed by atoms with E-state index in [2.05, 4.69) is 86.4 Å². The van der Waals surface area contributed by atoms with Crippen molar-refractivity contribution in [2.45, 2.75) is 32.6 Å². The average molecular weight is 345 g/mol. The Morgan fingerprint density at radius 1 is 0.846 bits per heavy atom. The van der Waals surface area contributed by atoms with Crippen LogP contribution in [-0.2, 0) is 11.8 Å². The highest BCUT2D eigenvalue weighted by Gasteiger charge is 2.14. The Kier molecular flexibility index (Phi) is 4.99. The number of hydrogen-bond acceptors (Lipinski definition) is 1. The average Bonchev–Trinajstić information content (AvgIpc) is 2.61. The lowest BCUT2D eigenvalue weighted by molar-refractivity contribution is 0.590. The van der Waals surface area contributed by atoms with E-state index >= 15 is 0 Å². The summed E-state index contributed by atoms with van der Waals surface area (Å²) in [7, 11) is 0. The zero-order chi connectivity index (χ0) is 18.7. The van der Waals surface area contributed by atoms with Crippen LogP contribution in [0, 0.1) is 0 Å². The number of benzene rings is 3. The van der Waals surface area contributed by atoms with Gasteiger partial charge in [-0.25, -0.2) is 0 Å². The molecule has 3 aromatic carbocycles. The maximum absolute atomic E-state index is 5.44. The first-order chi connectivity index (χ1) is 12.4. The maximum atomic E-state index is 5.44. The molecular weight excluding hydrogens is 318 g/mol. The predicted molar refractivity (Wildman–Crippen MR) is 112 cm³/mol. The fourth-order valence-corrected chi connectivity index (χ4v) is 3.29. The predicted octanol–water partition coefficient (Wildman–Crippen LogP) is 4.62. The van der Waals surface area contributed by atoms with Gasteiger partial charge in [0.15, 0.2) is 5.96 Å². The minimum absolute atomic E-state index is 0.143. The summed E-state index contributed by atoms with van der Waals surface area (Å²) in [6.07, 6.45) is 0.821. The largest absolute Gasteiger partial charge is 0.370 e. The summed E-state index contributed by atoms with van der Waals surface area (Å²) in [5.74, 6) is 0.143. The van der Waals surface area contributed by atoms with Crippen molar-refractivity contribution < 1.29 is 0 Å². The second-order valence-electron chi connectivity index (χ2n) is 7.70. The zero-order valence-corrected chi connectivity index (χ0v) is 15.8. The molecule has 0 saturated carbocycles. The Bertz CT molecular complexity index is 928. The van der Waals surface area contributed by atoms with E-state index in [0.717, 1.165) is 6.42 Å². The first kappa shape index (κ1) is 18.0. The topological polar surface area (TPSA) is 64.4 Å². The highest BCUT2D eigenvalue weighted by Crippen LogP contribution is 2.32. The molecule has 0 aromatic heterocycles. The van der Waals surface area contributed by atoms with E-state index in [1.807, 2.05) is 0 Å². The summed E-state index contributed by atoms with van der Waals surface area (Å²) < 4.78 is 0. The number of aliphatic imine (C=N–C) groups is 1. The van der Waals surface area contributed by atoms with Crippen molar-refractivity contribution >= 4 is 16.7 Å². The molecule has 0 aliphatic rings. The van der Waals surface area contributed by atoms with Crippen molar-refractivity contribution in [1.29, 1.82) is 0 Å². The molecule has 26 heavy (non-hydrogen) atoms. The lowest BCUT2D eigenvalue weighted by Gasteiger charge is -2.19. The Morgan fingerprint density at radius 2 is 1.50 bits per heavy atom. The molecule has 0 heterocycles. The van der Waals surface area contributed by atoms with Gasteiger partial charge < -0.3 is 11.5 Å². The van der Waals surface area contributed by atoms with Crippen LogP contribution < -0.4 is 11.5 Å². The van der Waals surface area contributed by atoms with Gasteiger partial charge in [0.1, 0.15) is 0 Å². The Labute approximate surface area is 155 Å². The van der Waals surface area contributed by atoms with Crippen molar-refractivity contribution in [2.75, 3.05) is 6.54 Å². The van der Waals surface area contributed by atoms with Gasteiger partial charge in [0.05, 0.1) is 0 Å². The van der Waals surface area contributed by atoms with Gasteiger partial charge in [-0.15, -0.1) is 0 Å². The fraction of sp³-hybridized carbons (Fsp3) is 0.261. The molecule has 0 fully saturated rings. The highest BCUT2D eigenvalue weighted by atomic mass is 15.0. The van der Waals surface area contributed by atoms with Crippen LogP contribution in [0.2, 0.25) is 0 Å². The molecule has 0 bridgehead atoms. The van der Waals surface area contributed by atoms with Gasteiger partial charge in [-0.1, -0.05) is 81.4 Å². The van der Waals surface area contributed by atoms with E-state index in [0.29, 0.717) is 6.54 Å². The highest BCUT2D eigenvalue weighted by molar-refractivity contribution is 5.98. The summed E-state index contributed by atoms with van der Waals surface area (Å²) in [6.45, 7) is 7.32. The van der Waals surface area contributed by atoms with E-state index in [-0.39, 0.29) is 11.4 Å². The lowest BCUT2D eigenvalue weighted by atomic mass is 9.85. The summed E-state index contributed by atoms with van der Waals surface area (Å²) in [5, 5.41) is 2.52. The third-order valence-electron chi connectivity index (χ3n) is 4.75. The zero-order valence-electron chi connectivity index (χ0n) is 15.8. The van der Waals surface area contributed by atoms with Gasteiger partial charge in [0, 0.05) is 6.54 Å². The standard InChI is InChI=1S/C23H27N3/c1-23(2,3)18-11-8-16(9-12-18)20-13-10-17(14-15-26-22(24)25)19-6-4-5-7-21(19)20/h4-13H,14-15H2,1-3H3,(H4,24,25,26). The first-order valence-electron chi connectivity index (χ1n) is 9.03. The van der Waals surface area contributed by atoms with E-state index in [4.69, 9.17) is 11.5 Å². The van der Waals surface area contributed by atoms with Crippen molar-refractivity contribution in [3.8, 4) is 11.1 Å². The van der Waals surface area contributed by atoms with E-state index in [1.54, 1.807) is 0 Å². The Morgan fingerprint density at radius 3 is 2.12 bits per heavy atom. The van der Waals surface area contributed by atoms with Crippen molar-refractivity contribution in [1.82, 2.24) is 0 Å². The molecule has 0 aliphatic carbocycles. The molecule has 3 nitrogen and oxygen atoms in total. The molecule has 0 unspecified atom stereocenters. The molecule has 4 N–H and O–H groups in total. The second kappa shape index (κ2) is 7.20. The van der Waals surface area contributed by atoms with Crippen molar-refractivity contribution in [3.63, 3.8) is 0 Å². The lowest BCUT2D eigenvalue weighted by Crippen LogP contribution is -2.23. The molecule has 3 heteroatoms. The van der Waals surface area contributed by atoms with Crippen molar-refractivity contribution in [2.24, 2.45) is 16.5 Å². The van der Waals surface area contributed by atoms with Crippen LogP contribution in [0.25, 0.3) is 21.9 Å². The minimum Gasteiger partial charge on any atom is -0.370 e. The number of fused-ring (bicyclic) bond motifs is 1. The van der Waals surface area contributed by atoms with Crippen molar-refractivity contribution in [3.05, 3.63) is 71.8 Å². The van der Waals surface area contributed by atoms with Gasteiger partial charge in [0.25, 0.3) is 0 Å². The molecule has 0 atom stereocenters. The monoisotopic (exact) mass is 345 g/mol. The van der Waals surface area contributed by atoms with E-state index < -0.39 is 0 Å². The Balaban J connectivity index is 2.01. The fourth-order valence-electron chi connectivity index (χ4n) is 3.29. The van der Waals surface area contributed by atoms with Crippen LogP contribution in [0.4, 0.5) is 0 Å². The molecule has 134 valence electrons. The third-order valence-corrected chi connectivity index (χ3v) is 4.75. The quantitative estimate of drug-likeness (QED) is 0.535. The molecule has 0 saturated heterocycles. The smallest absolute Gasteiger partial charge is 0.185 e. The van der Waals surface area contributed by atoms with Crippen LogP contribution in [0.5, 0.6) is 0 Å². The van der Waals surface area contributed by atoms with Crippen LogP contribution in [0.15, 0.2) is 65.7 Å². The van der Waals surface area contributed by atoms with Gasteiger partial charge in [-0.3, -0.25) is 4.99 Å². The molecule has 0 radical (unpaired) electrons. The first-order valence-corrected chi connectivity index (χ1v) is 9.03. The number of rotatable bonds is 4. The number of nitrogens with two attached hydrogens (primary N) is 2. The summed E-state index contributed by atoms with van der Waals surface area (Å²) >= 11 is 0. The van der Waals surface area contributed by atoms with E-state index in [9.17, 15) is 0 Å². The van der Waals surface area contributed by atoms with Crippen LogP contribution in [-0.4, -0.2) is 12.5 Å². The molecule has 0 aliphatic heterocycles. The van der Waals surface area contributed by atoms with E-state index in [1.165, 1.54) is 33.0 Å². The second-order valence-corrected chi connectivity index (χ2v) is 7.70. The van der Waals surface area contributed by atoms with Crippen LogP contribution in [0.1, 0.15) is 31.9 Å². The van der Waals surface area contributed by atoms with Gasteiger partial charge >= 0.3 is 0 Å². The van der Waals surface area contributed by atoms with Crippen LogP contribution in [0.3, 0.4) is 0 Å². The molecule has 0 amide bonds. The molecule has 0 spiro atoms. The number of hydrogen-bond donors (Lipinski definition) is 2. The number of nitrogens with zero attached hydrogens (tertiary/aromatic N) is 1. The van der Waals surface area contributed by atoms with Gasteiger partial charge in [-0.05, 0) is 44.9 Å². The summed E-state index contributed by atoms with van der Waals surface area (Å²) in [6, 6.07) is 21.8. The SMILES string of the molecule is CC(C)(C)c1ccc(-c2ccc(CCN=C(N)N)c3ccccc23)cc1. The molecular formula is C23H27N3. The minimum atomic E-state index is 0.143. The maximum Gasteiger partial charge on any atom is 0.185 e. The summed E-state index contributed by atoms with van der Waals surface area (Å²) in [4.78, 5) is 4.11. The molecule has 3 rings (SSSR count). The third kappa shape index (κ3) is 3.88. The number of guanidine groups is 1. The Hall–Kier alpha value is -2.81.